The number of nitrogens with zero attached hydrogens (tertiary/aromatic N) is 1. The summed E-state index contributed by atoms with van der Waals surface area (Å²) >= 11 is 3.42. The fourth-order valence-electron chi connectivity index (χ4n) is 1.56. The van der Waals surface area contributed by atoms with Crippen LogP contribution in [0.15, 0.2) is 46.1 Å². The minimum absolute atomic E-state index is 0.430. The molecule has 0 saturated heterocycles. The highest BCUT2D eigenvalue weighted by Crippen LogP contribution is 2.27. The molecule has 19 heavy (non-hydrogen) atoms. The normalized spacial score (nSPS) is 16.2. The van der Waals surface area contributed by atoms with Crippen molar-refractivity contribution in [3.05, 3.63) is 46.5 Å². The second-order valence-electron chi connectivity index (χ2n) is 3.90. The lowest BCUT2D eigenvalue weighted by Gasteiger charge is -2.06. The van der Waals surface area contributed by atoms with Crippen molar-refractivity contribution in [2.75, 3.05) is 6.61 Å². The molecule has 5 heteroatoms. The molecule has 0 aromatic heterocycles. The van der Waals surface area contributed by atoms with Crippen molar-refractivity contribution in [3.63, 3.8) is 0 Å². The highest BCUT2D eigenvalue weighted by Gasteiger charge is 2.21. The van der Waals surface area contributed by atoms with Crippen LogP contribution < -0.4 is 4.74 Å². The molecule has 0 spiro atoms. The molecule has 0 aliphatic carbocycles. The molecule has 1 aromatic carbocycles. The topological polar surface area (TPSA) is 47.9 Å². The number of benzene rings is 1. The summed E-state index contributed by atoms with van der Waals surface area (Å²) in [4.78, 5) is 16.0. The fraction of sp³-hybridized carbons (Fsp3) is 0.143. The van der Waals surface area contributed by atoms with Crippen LogP contribution in [-0.4, -0.2) is 18.3 Å². The highest BCUT2D eigenvalue weighted by molar-refractivity contribution is 9.10. The van der Waals surface area contributed by atoms with Crippen LogP contribution in [0.25, 0.3) is 6.08 Å². The number of ether oxygens (including phenoxy) is 1. The van der Waals surface area contributed by atoms with Crippen molar-refractivity contribution in [1.82, 2.24) is 0 Å². The van der Waals surface area contributed by atoms with E-state index < -0.39 is 5.97 Å². The molecule has 0 fully saturated rings. The van der Waals surface area contributed by atoms with Crippen molar-refractivity contribution in [2.24, 2.45) is 5.16 Å². The molecule has 98 valence electrons. The first-order valence-electron chi connectivity index (χ1n) is 5.63. The first kappa shape index (κ1) is 13.5. The van der Waals surface area contributed by atoms with Crippen LogP contribution in [-0.2, 0) is 9.63 Å². The average Bonchev–Trinajstić information content (AvgIpc) is 2.70. The molecule has 1 aromatic rings. The standard InChI is InChI=1S/C14H12BrNO3/c1-3-6-18-13-5-4-10(8-12(13)15)7-11-9(2)16-19-14(11)17/h3-5,7-8H,1,6H2,2H3. The van der Waals surface area contributed by atoms with E-state index in [0.717, 1.165) is 15.8 Å². The maximum atomic E-state index is 11.4. The molecule has 0 radical (unpaired) electrons. The van der Waals surface area contributed by atoms with Crippen LogP contribution in [0.3, 0.4) is 0 Å². The van der Waals surface area contributed by atoms with Crippen LogP contribution in [0.1, 0.15) is 12.5 Å². The minimum Gasteiger partial charge on any atom is -0.488 e. The van der Waals surface area contributed by atoms with Gasteiger partial charge < -0.3 is 9.57 Å². The molecular formula is C14H12BrNO3. The summed E-state index contributed by atoms with van der Waals surface area (Å²) in [6, 6.07) is 5.55. The Bertz CT molecular complexity index is 590. The van der Waals surface area contributed by atoms with Crippen LogP contribution in [0.4, 0.5) is 0 Å². The minimum atomic E-state index is -0.430. The third-order valence-electron chi connectivity index (χ3n) is 2.50. The second kappa shape index (κ2) is 5.84. The molecule has 2 rings (SSSR count). The van der Waals surface area contributed by atoms with Gasteiger partial charge in [0, 0.05) is 0 Å². The van der Waals surface area contributed by atoms with Gasteiger partial charge in [0.2, 0.25) is 0 Å². The number of oxime groups is 1. The van der Waals surface area contributed by atoms with Gasteiger partial charge in [-0.05, 0) is 46.6 Å². The van der Waals surface area contributed by atoms with Gasteiger partial charge in [0.05, 0.1) is 15.8 Å². The Morgan fingerprint density at radius 3 is 2.89 bits per heavy atom. The van der Waals surface area contributed by atoms with Gasteiger partial charge in [-0.15, -0.1) is 0 Å². The van der Waals surface area contributed by atoms with Gasteiger partial charge in [0.25, 0.3) is 0 Å². The van der Waals surface area contributed by atoms with Gasteiger partial charge in [-0.2, -0.15) is 0 Å². The van der Waals surface area contributed by atoms with E-state index in [1.54, 1.807) is 19.1 Å². The van der Waals surface area contributed by atoms with Crippen LogP contribution >= 0.6 is 15.9 Å². The molecule has 4 nitrogen and oxygen atoms in total. The molecule has 0 atom stereocenters. The Morgan fingerprint density at radius 2 is 2.32 bits per heavy atom. The predicted molar refractivity (Wildman–Crippen MR) is 77.0 cm³/mol. The third-order valence-corrected chi connectivity index (χ3v) is 3.12. The van der Waals surface area contributed by atoms with Gasteiger partial charge in [-0.3, -0.25) is 0 Å². The monoisotopic (exact) mass is 321 g/mol. The molecule has 0 bridgehead atoms. The van der Waals surface area contributed by atoms with E-state index >= 15 is 0 Å². The van der Waals surface area contributed by atoms with Crippen molar-refractivity contribution >= 4 is 33.7 Å². The van der Waals surface area contributed by atoms with Gasteiger partial charge in [-0.1, -0.05) is 23.9 Å². The summed E-state index contributed by atoms with van der Waals surface area (Å²) in [6.07, 6.45) is 3.41. The van der Waals surface area contributed by atoms with Crippen LogP contribution in [0.5, 0.6) is 5.75 Å². The summed E-state index contributed by atoms with van der Waals surface area (Å²) in [7, 11) is 0. The zero-order valence-electron chi connectivity index (χ0n) is 10.4. The first-order valence-corrected chi connectivity index (χ1v) is 6.42. The number of hydrogen-bond donors (Lipinski definition) is 0. The van der Waals surface area contributed by atoms with Gasteiger partial charge >= 0.3 is 5.97 Å². The molecule has 0 unspecified atom stereocenters. The maximum Gasteiger partial charge on any atom is 0.367 e. The zero-order valence-corrected chi connectivity index (χ0v) is 11.9. The van der Waals surface area contributed by atoms with Crippen molar-refractivity contribution in [3.8, 4) is 5.75 Å². The Labute approximate surface area is 119 Å². The van der Waals surface area contributed by atoms with Gasteiger partial charge in [0.15, 0.2) is 0 Å². The van der Waals surface area contributed by atoms with E-state index in [-0.39, 0.29) is 0 Å². The molecule has 0 N–H and O–H groups in total. The SMILES string of the molecule is C=CCOc1ccc(C=C2C(=O)ON=C2C)cc1Br. The lowest BCUT2D eigenvalue weighted by Crippen LogP contribution is -2.01. The van der Waals surface area contributed by atoms with Gasteiger partial charge in [0.1, 0.15) is 12.4 Å². The van der Waals surface area contributed by atoms with E-state index in [0.29, 0.717) is 17.9 Å². The molecular weight excluding hydrogens is 310 g/mol. The number of hydrogen-bond acceptors (Lipinski definition) is 4. The smallest absolute Gasteiger partial charge is 0.367 e. The van der Waals surface area contributed by atoms with E-state index in [4.69, 9.17) is 4.74 Å². The van der Waals surface area contributed by atoms with Crippen molar-refractivity contribution < 1.29 is 14.4 Å². The molecule has 1 aliphatic rings. The number of halogens is 1. The maximum absolute atomic E-state index is 11.4. The van der Waals surface area contributed by atoms with Gasteiger partial charge in [-0.25, -0.2) is 4.79 Å². The van der Waals surface area contributed by atoms with Crippen molar-refractivity contribution in [2.45, 2.75) is 6.92 Å². The molecule has 0 saturated carbocycles. The van der Waals surface area contributed by atoms with Crippen molar-refractivity contribution in [1.29, 1.82) is 0 Å². The lowest BCUT2D eigenvalue weighted by atomic mass is 10.1. The van der Waals surface area contributed by atoms with E-state index in [1.165, 1.54) is 0 Å². The summed E-state index contributed by atoms with van der Waals surface area (Å²) in [6.45, 7) is 5.76. The van der Waals surface area contributed by atoms with E-state index in [1.807, 2.05) is 18.2 Å². The summed E-state index contributed by atoms with van der Waals surface area (Å²) < 4.78 is 6.26. The Morgan fingerprint density at radius 1 is 1.53 bits per heavy atom. The fourth-order valence-corrected chi connectivity index (χ4v) is 2.07. The van der Waals surface area contributed by atoms with Crippen LogP contribution in [0, 0.1) is 0 Å². The second-order valence-corrected chi connectivity index (χ2v) is 4.76. The summed E-state index contributed by atoms with van der Waals surface area (Å²) in [5, 5.41) is 3.63. The largest absolute Gasteiger partial charge is 0.488 e. The molecule has 1 heterocycles. The summed E-state index contributed by atoms with van der Waals surface area (Å²) in [5.74, 6) is 0.294. The average molecular weight is 322 g/mol. The third kappa shape index (κ3) is 3.12. The zero-order chi connectivity index (χ0) is 13.8. The number of carbonyl (C=O) groups excluding carboxylic acids is 1. The first-order chi connectivity index (χ1) is 9.11. The predicted octanol–water partition coefficient (Wildman–Crippen LogP) is 3.33. The van der Waals surface area contributed by atoms with E-state index in [2.05, 4.69) is 32.5 Å². The highest BCUT2D eigenvalue weighted by atomic mass is 79.9. The molecule has 0 amide bonds. The quantitative estimate of drug-likeness (QED) is 0.485. The Kier molecular flexibility index (Phi) is 4.16. The van der Waals surface area contributed by atoms with Crippen LogP contribution in [0.2, 0.25) is 0 Å². The number of carbonyl (C=O) groups is 1. The lowest BCUT2D eigenvalue weighted by molar-refractivity contribution is -0.136. The summed E-state index contributed by atoms with van der Waals surface area (Å²) in [5.41, 5.74) is 1.90. The number of rotatable bonds is 4. The molecule has 1 aliphatic heterocycles. The Balaban J connectivity index is 2.25. The van der Waals surface area contributed by atoms with E-state index in [9.17, 15) is 4.79 Å². The Hall–Kier alpha value is -1.88.